The van der Waals surface area contributed by atoms with Crippen LogP contribution < -0.4 is 10.6 Å². The van der Waals surface area contributed by atoms with Gasteiger partial charge in [-0.3, -0.25) is 4.79 Å². The van der Waals surface area contributed by atoms with Crippen molar-refractivity contribution in [1.82, 2.24) is 19.5 Å². The van der Waals surface area contributed by atoms with Gasteiger partial charge in [-0.25, -0.2) is 15.0 Å². The molecule has 40 heavy (non-hydrogen) atoms. The van der Waals surface area contributed by atoms with Gasteiger partial charge in [0.25, 0.3) is 5.91 Å². The number of hydrogen-bond donors (Lipinski definition) is 2. The van der Waals surface area contributed by atoms with Gasteiger partial charge in [0.2, 0.25) is 5.95 Å². The molecule has 0 spiro atoms. The lowest BCUT2D eigenvalue weighted by Crippen LogP contribution is -2.14. The zero-order valence-electron chi connectivity index (χ0n) is 21.3. The highest BCUT2D eigenvalue weighted by atomic mass is 19.4. The number of rotatable bonds is 6. The second-order valence-electron chi connectivity index (χ2n) is 9.10. The van der Waals surface area contributed by atoms with E-state index in [-0.39, 0.29) is 16.9 Å². The summed E-state index contributed by atoms with van der Waals surface area (Å²) < 4.78 is 55.5. The maximum Gasteiger partial charge on any atom is 0.416 e. The van der Waals surface area contributed by atoms with Crippen molar-refractivity contribution in [3.8, 4) is 16.8 Å². The molecule has 0 atom stereocenters. The van der Waals surface area contributed by atoms with E-state index in [2.05, 4.69) is 25.6 Å². The number of aryl methyl sites for hydroxylation is 2. The Morgan fingerprint density at radius 2 is 1.73 bits per heavy atom. The maximum atomic E-state index is 13.6. The lowest BCUT2D eigenvalue weighted by atomic mass is 10.1. The molecule has 0 aliphatic carbocycles. The van der Waals surface area contributed by atoms with E-state index in [0.717, 1.165) is 23.3 Å². The van der Waals surface area contributed by atoms with Gasteiger partial charge in [-0.2, -0.15) is 17.6 Å². The number of halogens is 4. The third-order valence-corrected chi connectivity index (χ3v) is 6.10. The molecule has 5 rings (SSSR count). The summed E-state index contributed by atoms with van der Waals surface area (Å²) in [5, 5.41) is 5.75. The zero-order valence-corrected chi connectivity index (χ0v) is 21.3. The van der Waals surface area contributed by atoms with Crippen LogP contribution in [0, 0.1) is 19.8 Å². The van der Waals surface area contributed by atoms with Gasteiger partial charge in [0.1, 0.15) is 5.82 Å². The van der Waals surface area contributed by atoms with Crippen LogP contribution in [0.25, 0.3) is 16.8 Å². The summed E-state index contributed by atoms with van der Waals surface area (Å²) in [6.45, 7) is 3.56. The molecule has 0 saturated carbocycles. The monoisotopic (exact) mass is 546 g/mol. The van der Waals surface area contributed by atoms with Gasteiger partial charge < -0.3 is 15.2 Å². The van der Waals surface area contributed by atoms with Crippen molar-refractivity contribution in [1.29, 1.82) is 0 Å². The third-order valence-electron chi connectivity index (χ3n) is 6.10. The predicted octanol–water partition coefficient (Wildman–Crippen LogP) is 7.10. The second kappa shape index (κ2) is 10.6. The van der Waals surface area contributed by atoms with E-state index in [4.69, 9.17) is 0 Å². The second-order valence-corrected chi connectivity index (χ2v) is 9.10. The molecule has 3 aromatic heterocycles. The minimum atomic E-state index is -4.61. The van der Waals surface area contributed by atoms with Crippen LogP contribution >= 0.6 is 0 Å². The first kappa shape index (κ1) is 26.5. The van der Waals surface area contributed by atoms with Gasteiger partial charge in [0.05, 0.1) is 17.6 Å². The lowest BCUT2D eigenvalue weighted by Gasteiger charge is -2.15. The highest BCUT2D eigenvalue weighted by Gasteiger charge is 2.31. The Balaban J connectivity index is 1.40. The minimum Gasteiger partial charge on any atom is -0.340 e. The van der Waals surface area contributed by atoms with E-state index in [0.29, 0.717) is 22.8 Å². The summed E-state index contributed by atoms with van der Waals surface area (Å²) in [5.74, 6) is -0.699. The number of nitrogens with one attached hydrogen (secondary N) is 2. The number of nitrogens with zero attached hydrogens (tertiary/aromatic N) is 4. The predicted molar refractivity (Wildman–Crippen MR) is 143 cm³/mol. The summed E-state index contributed by atoms with van der Waals surface area (Å²) in [6, 6.07) is 14.6. The fourth-order valence-corrected chi connectivity index (χ4v) is 4.02. The number of alkyl halides is 3. The van der Waals surface area contributed by atoms with Crippen LogP contribution in [0.3, 0.4) is 0 Å². The first-order valence-electron chi connectivity index (χ1n) is 12.1. The van der Waals surface area contributed by atoms with E-state index in [1.165, 1.54) is 29.2 Å². The number of carbonyl (C=O) groups excluding carboxylic acids is 1. The standard InChI is InChI=1S/C29H22F4N6O/c1-17-3-4-20(9-25(17)38-27-10-19(7-8-34-27)21-5-6-26(30)35-14-21)28(40)37-23-11-22(29(31,32)33)12-24(13-23)39-15-18(2)36-16-39/h3-16H,1-2H3,(H,34,38)(H,37,40). The number of pyridine rings is 2. The quantitative estimate of drug-likeness (QED) is 0.175. The summed E-state index contributed by atoms with van der Waals surface area (Å²) in [4.78, 5) is 25.2. The molecule has 1 amide bonds. The average Bonchev–Trinajstić information content (AvgIpc) is 3.36. The molecule has 0 fully saturated rings. The molecule has 0 unspecified atom stereocenters. The Morgan fingerprint density at radius 1 is 0.900 bits per heavy atom. The van der Waals surface area contributed by atoms with Crippen LogP contribution in [-0.4, -0.2) is 25.4 Å². The molecule has 7 nitrogen and oxygen atoms in total. The maximum absolute atomic E-state index is 13.6. The van der Waals surface area contributed by atoms with Crippen molar-refractivity contribution in [2.45, 2.75) is 20.0 Å². The van der Waals surface area contributed by atoms with Crippen molar-refractivity contribution in [2.24, 2.45) is 0 Å². The number of carbonyl (C=O) groups is 1. The summed E-state index contributed by atoms with van der Waals surface area (Å²) in [6.07, 6.45) is 1.38. The number of imidazole rings is 1. The fourth-order valence-electron chi connectivity index (χ4n) is 4.02. The van der Waals surface area contributed by atoms with Crippen LogP contribution in [0.1, 0.15) is 27.2 Å². The molecule has 0 radical (unpaired) electrons. The van der Waals surface area contributed by atoms with E-state index in [1.807, 2.05) is 6.92 Å². The van der Waals surface area contributed by atoms with E-state index < -0.39 is 23.6 Å². The van der Waals surface area contributed by atoms with Crippen LogP contribution in [-0.2, 0) is 6.18 Å². The van der Waals surface area contributed by atoms with Crippen LogP contribution in [0.2, 0.25) is 0 Å². The van der Waals surface area contributed by atoms with Gasteiger partial charge >= 0.3 is 6.18 Å². The van der Waals surface area contributed by atoms with Gasteiger partial charge in [0, 0.05) is 46.8 Å². The number of amides is 1. The first-order chi connectivity index (χ1) is 19.0. The third kappa shape index (κ3) is 5.98. The molecule has 0 bridgehead atoms. The number of anilines is 3. The largest absolute Gasteiger partial charge is 0.416 e. The van der Waals surface area contributed by atoms with Crippen molar-refractivity contribution >= 4 is 23.1 Å². The number of aromatic nitrogens is 4. The molecular formula is C29H22F4N6O. The number of benzene rings is 2. The Hall–Kier alpha value is -5.06. The number of hydrogen-bond acceptors (Lipinski definition) is 5. The molecule has 2 N–H and O–H groups in total. The Kier molecular flexibility index (Phi) is 7.03. The van der Waals surface area contributed by atoms with Crippen LogP contribution in [0.5, 0.6) is 0 Å². The first-order valence-corrected chi connectivity index (χ1v) is 12.1. The Labute approximate surface area is 226 Å². The van der Waals surface area contributed by atoms with Crippen molar-refractivity contribution in [2.75, 3.05) is 10.6 Å². The molecule has 3 heterocycles. The Bertz CT molecular complexity index is 1700. The molecule has 202 valence electrons. The van der Waals surface area contributed by atoms with Crippen LogP contribution in [0.4, 0.5) is 34.8 Å². The lowest BCUT2D eigenvalue weighted by molar-refractivity contribution is -0.137. The molecule has 0 aliphatic rings. The molecule has 5 aromatic rings. The van der Waals surface area contributed by atoms with Gasteiger partial charge in [-0.15, -0.1) is 0 Å². The fraction of sp³-hybridized carbons (Fsp3) is 0.103. The molecular weight excluding hydrogens is 524 g/mol. The van der Waals surface area contributed by atoms with E-state index in [9.17, 15) is 22.4 Å². The van der Waals surface area contributed by atoms with Crippen molar-refractivity contribution in [3.63, 3.8) is 0 Å². The zero-order chi connectivity index (χ0) is 28.4. The average molecular weight is 547 g/mol. The molecule has 0 aliphatic heterocycles. The molecule has 0 saturated heterocycles. The smallest absolute Gasteiger partial charge is 0.340 e. The molecule has 11 heteroatoms. The van der Waals surface area contributed by atoms with Crippen LogP contribution in [0.15, 0.2) is 85.6 Å². The highest BCUT2D eigenvalue weighted by molar-refractivity contribution is 6.05. The highest BCUT2D eigenvalue weighted by Crippen LogP contribution is 2.33. The SMILES string of the molecule is Cc1cn(-c2cc(NC(=O)c3ccc(C)c(Nc4cc(-c5ccc(F)nc5)ccn4)c3)cc(C(F)(F)F)c2)cn1. The van der Waals surface area contributed by atoms with Gasteiger partial charge in [-0.1, -0.05) is 6.07 Å². The topological polar surface area (TPSA) is 84.7 Å². The minimum absolute atomic E-state index is 0.0152. The summed E-state index contributed by atoms with van der Waals surface area (Å²) in [7, 11) is 0. The summed E-state index contributed by atoms with van der Waals surface area (Å²) in [5.41, 5.74) is 2.99. The molecule has 2 aromatic carbocycles. The van der Waals surface area contributed by atoms with E-state index >= 15 is 0 Å². The van der Waals surface area contributed by atoms with Crippen molar-refractivity contribution < 1.29 is 22.4 Å². The van der Waals surface area contributed by atoms with Gasteiger partial charge in [0.15, 0.2) is 0 Å². The summed E-state index contributed by atoms with van der Waals surface area (Å²) >= 11 is 0. The van der Waals surface area contributed by atoms with Crippen molar-refractivity contribution in [3.05, 3.63) is 114 Å². The van der Waals surface area contributed by atoms with E-state index in [1.54, 1.807) is 55.7 Å². The Morgan fingerprint density at radius 3 is 2.42 bits per heavy atom. The normalized spacial score (nSPS) is 11.3. The van der Waals surface area contributed by atoms with Gasteiger partial charge in [-0.05, 0) is 79.6 Å².